The molecular weight excluding hydrogens is 813 g/mol. The van der Waals surface area contributed by atoms with Crippen molar-refractivity contribution in [2.24, 2.45) is 0 Å². The monoisotopic (exact) mass is 822 g/mol. The summed E-state index contributed by atoms with van der Waals surface area (Å²) in [5, 5.41) is 6.71. The Kier molecular flexibility index (Phi) is 8.95. The van der Waals surface area contributed by atoms with E-state index < -0.39 is 55.8 Å². The number of carbonyl (C=O) groups is 2. The fourth-order valence-electron chi connectivity index (χ4n) is 2.30. The second-order valence-corrected chi connectivity index (χ2v) is 11.2. The maximum atomic E-state index is 13.3. The molecule has 2 aromatic rings. The number of hydrogen-bond donors (Lipinski definition) is 0. The molecule has 0 aromatic heterocycles. The van der Waals surface area contributed by atoms with Crippen LogP contribution in [-0.2, 0) is 14.9 Å². The van der Waals surface area contributed by atoms with Gasteiger partial charge in [-0.25, -0.2) is 18.0 Å². The molecule has 0 saturated heterocycles. The zero-order chi connectivity index (χ0) is 25.3. The summed E-state index contributed by atoms with van der Waals surface area (Å²) in [4.78, 5) is 35.5. The number of aryl methyl sites for hydroxylation is 1. The van der Waals surface area contributed by atoms with E-state index in [1.165, 1.54) is 13.0 Å². The third-order valence-corrected chi connectivity index (χ3v) is 8.39. The standard InChI is InChI=1S/C17H10F2I3NO9S/c1-7-2-3-9(15(24)31-6-17(18,19)33(28,29)30)13(23(26)27)14(7)32-16(25)10-4-8(20)5-11(21)12(10)22/h2-5H,6H2,1H3,(H,28,29,30)/p-1. The lowest BCUT2D eigenvalue weighted by Gasteiger charge is -2.19. The molecule has 10 nitrogen and oxygen atoms in total. The van der Waals surface area contributed by atoms with E-state index in [1.807, 2.05) is 67.8 Å². The van der Waals surface area contributed by atoms with Gasteiger partial charge in [0.1, 0.15) is 5.56 Å². The van der Waals surface area contributed by atoms with E-state index in [0.29, 0.717) is 10.7 Å². The minimum atomic E-state index is -6.15. The maximum Gasteiger partial charge on any atom is 0.367 e. The number of esters is 2. The number of rotatable bonds is 7. The third-order valence-electron chi connectivity index (χ3n) is 3.88. The minimum absolute atomic E-state index is 0.0643. The van der Waals surface area contributed by atoms with E-state index in [4.69, 9.17) is 4.74 Å². The second kappa shape index (κ2) is 10.6. The molecule has 0 saturated carbocycles. The molecule has 0 atom stereocenters. The number of hydrogen-bond acceptors (Lipinski definition) is 9. The Hall–Kier alpha value is -1.26. The van der Waals surface area contributed by atoms with Crippen molar-refractivity contribution in [3.63, 3.8) is 0 Å². The van der Waals surface area contributed by atoms with Crippen molar-refractivity contribution >= 4 is 95.5 Å². The number of ether oxygens (including phenoxy) is 2. The molecule has 0 amide bonds. The van der Waals surface area contributed by atoms with Crippen LogP contribution in [-0.4, -0.2) is 41.7 Å². The Bertz CT molecular complexity index is 1270. The van der Waals surface area contributed by atoms with Gasteiger partial charge in [-0.15, -0.1) is 0 Å². The average Bonchev–Trinajstić information content (AvgIpc) is 2.69. The fourth-order valence-corrected chi connectivity index (χ4v) is 4.88. The Balaban J connectivity index is 2.48. The Morgan fingerprint density at radius 2 is 1.73 bits per heavy atom. The predicted octanol–water partition coefficient (Wildman–Crippen LogP) is 4.23. The summed E-state index contributed by atoms with van der Waals surface area (Å²) in [5.74, 6) is -3.33. The van der Waals surface area contributed by atoms with Crippen LogP contribution in [0.5, 0.6) is 5.75 Å². The molecule has 0 heterocycles. The van der Waals surface area contributed by atoms with Gasteiger partial charge >= 0.3 is 22.9 Å². The Labute approximate surface area is 225 Å². The van der Waals surface area contributed by atoms with Crippen molar-refractivity contribution in [3.8, 4) is 5.75 Å². The molecule has 0 aliphatic heterocycles. The zero-order valence-electron chi connectivity index (χ0n) is 15.9. The average molecular weight is 822 g/mol. The van der Waals surface area contributed by atoms with Crippen molar-refractivity contribution in [2.75, 3.05) is 6.61 Å². The fraction of sp³-hybridized carbons (Fsp3) is 0.176. The van der Waals surface area contributed by atoms with Crippen molar-refractivity contribution in [1.29, 1.82) is 0 Å². The SMILES string of the molecule is Cc1ccc(C(=O)OCC(F)(F)S(=O)(=O)[O-])c([N+](=O)[O-])c1OC(=O)c1cc(I)cc(I)c1I. The van der Waals surface area contributed by atoms with Gasteiger partial charge < -0.3 is 14.0 Å². The molecule has 16 heteroatoms. The minimum Gasteiger partial charge on any atom is -0.743 e. The predicted molar refractivity (Wildman–Crippen MR) is 132 cm³/mol. The number of nitro groups is 1. The van der Waals surface area contributed by atoms with Gasteiger partial charge in [0, 0.05) is 10.7 Å². The molecule has 0 radical (unpaired) electrons. The highest BCUT2D eigenvalue weighted by Crippen LogP contribution is 2.36. The van der Waals surface area contributed by atoms with Gasteiger partial charge in [0.25, 0.3) is 0 Å². The van der Waals surface area contributed by atoms with E-state index in [0.717, 1.165) is 12.1 Å². The van der Waals surface area contributed by atoms with E-state index >= 15 is 0 Å². The van der Waals surface area contributed by atoms with Crippen molar-refractivity contribution in [3.05, 3.63) is 61.8 Å². The Morgan fingerprint density at radius 1 is 1.12 bits per heavy atom. The van der Waals surface area contributed by atoms with Crippen LogP contribution in [0.15, 0.2) is 24.3 Å². The van der Waals surface area contributed by atoms with Crippen LogP contribution >= 0.6 is 67.8 Å². The molecule has 0 spiro atoms. The van der Waals surface area contributed by atoms with Crippen LogP contribution in [0.25, 0.3) is 0 Å². The van der Waals surface area contributed by atoms with Crippen molar-refractivity contribution < 1.29 is 45.7 Å². The van der Waals surface area contributed by atoms with E-state index in [1.54, 1.807) is 6.07 Å². The number of benzene rings is 2. The normalized spacial score (nSPS) is 11.7. The number of alkyl halides is 2. The molecule has 0 bridgehead atoms. The van der Waals surface area contributed by atoms with E-state index in [9.17, 15) is 41.5 Å². The first-order chi connectivity index (χ1) is 15.1. The molecule has 0 unspecified atom stereocenters. The maximum absolute atomic E-state index is 13.3. The van der Waals surface area contributed by atoms with Crippen LogP contribution < -0.4 is 4.74 Å². The molecule has 0 aliphatic carbocycles. The van der Waals surface area contributed by atoms with Gasteiger partial charge in [-0.05, 0) is 98.5 Å². The summed E-state index contributed by atoms with van der Waals surface area (Å²) in [6, 6.07) is 5.26. The van der Waals surface area contributed by atoms with Crippen molar-refractivity contribution in [1.82, 2.24) is 0 Å². The van der Waals surface area contributed by atoms with Gasteiger partial charge in [-0.1, -0.05) is 6.07 Å². The Morgan fingerprint density at radius 3 is 2.27 bits per heavy atom. The van der Waals surface area contributed by atoms with Crippen LogP contribution in [0.4, 0.5) is 14.5 Å². The summed E-state index contributed by atoms with van der Waals surface area (Å²) in [5.41, 5.74) is -1.79. The highest BCUT2D eigenvalue weighted by Gasteiger charge is 2.40. The van der Waals surface area contributed by atoms with Gasteiger partial charge in [0.15, 0.2) is 16.7 Å². The van der Waals surface area contributed by atoms with E-state index in [2.05, 4.69) is 4.74 Å². The molecule has 0 fully saturated rings. The molecular formula is C17H9F2I3NO9S-. The highest BCUT2D eigenvalue weighted by atomic mass is 127. The van der Waals surface area contributed by atoms with Crippen LogP contribution in [0.3, 0.4) is 0 Å². The topological polar surface area (TPSA) is 153 Å². The summed E-state index contributed by atoms with van der Waals surface area (Å²) in [6.45, 7) is -0.816. The molecule has 0 aliphatic rings. The number of nitrogens with zero attached hydrogens (tertiary/aromatic N) is 1. The van der Waals surface area contributed by atoms with Gasteiger partial charge in [0.05, 0.1) is 10.5 Å². The third kappa shape index (κ3) is 6.45. The summed E-state index contributed by atoms with van der Waals surface area (Å²) in [6.07, 6.45) is 0. The second-order valence-electron chi connectivity index (χ2n) is 6.17. The molecule has 178 valence electrons. The number of carbonyl (C=O) groups excluding carboxylic acids is 2. The molecule has 2 rings (SSSR count). The smallest absolute Gasteiger partial charge is 0.367 e. The summed E-state index contributed by atoms with van der Waals surface area (Å²) < 4.78 is 69.5. The van der Waals surface area contributed by atoms with Gasteiger partial charge in [-0.2, -0.15) is 8.78 Å². The first-order valence-corrected chi connectivity index (χ1v) is 12.9. The molecule has 33 heavy (non-hydrogen) atoms. The largest absolute Gasteiger partial charge is 0.743 e. The van der Waals surface area contributed by atoms with Gasteiger partial charge in [-0.3, -0.25) is 10.1 Å². The van der Waals surface area contributed by atoms with Gasteiger partial charge in [0.2, 0.25) is 5.75 Å². The van der Waals surface area contributed by atoms with Crippen LogP contribution in [0.1, 0.15) is 26.3 Å². The van der Waals surface area contributed by atoms with Crippen LogP contribution in [0.2, 0.25) is 0 Å². The lowest BCUT2D eigenvalue weighted by Crippen LogP contribution is -2.34. The summed E-state index contributed by atoms with van der Waals surface area (Å²) in [7, 11) is -6.15. The highest BCUT2D eigenvalue weighted by molar-refractivity contribution is 14.1. The van der Waals surface area contributed by atoms with Crippen molar-refractivity contribution in [2.45, 2.75) is 12.2 Å². The molecule has 0 N–H and O–H groups in total. The quantitative estimate of drug-likeness (QED) is 0.0760. The molecule has 2 aromatic carbocycles. The van der Waals surface area contributed by atoms with E-state index in [-0.39, 0.29) is 11.1 Å². The summed E-state index contributed by atoms with van der Waals surface area (Å²) >= 11 is 5.83. The zero-order valence-corrected chi connectivity index (χ0v) is 23.2. The van der Waals surface area contributed by atoms with Crippen LogP contribution in [0, 0.1) is 27.7 Å². The lowest BCUT2D eigenvalue weighted by atomic mass is 10.1. The first-order valence-electron chi connectivity index (χ1n) is 8.22. The number of halogens is 5. The lowest BCUT2D eigenvalue weighted by molar-refractivity contribution is -0.386. The number of nitro benzene ring substituents is 1. The first kappa shape index (κ1) is 28.0.